The topological polar surface area (TPSA) is 9.23 Å². The molecule has 2 heteroatoms. The minimum absolute atomic E-state index is 0.912. The molecule has 88 valence electrons. The van der Waals surface area contributed by atoms with Gasteiger partial charge in [0.2, 0.25) is 0 Å². The minimum atomic E-state index is 0.912. The summed E-state index contributed by atoms with van der Waals surface area (Å²) in [5.41, 5.74) is 3.88. The van der Waals surface area contributed by atoms with Crippen LogP contribution in [0.25, 0.3) is 5.57 Å². The second kappa shape index (κ2) is 5.33. The molecule has 1 aliphatic carbocycles. The van der Waals surface area contributed by atoms with Crippen molar-refractivity contribution < 1.29 is 4.74 Å². The molecule has 1 aliphatic rings. The molecule has 0 heterocycles. The average molecular weight is 244 g/mol. The van der Waals surface area contributed by atoms with Crippen LogP contribution in [0, 0.1) is 0 Å². The first kappa shape index (κ1) is 12.1. The monoisotopic (exact) mass is 244 g/mol. The van der Waals surface area contributed by atoms with Gasteiger partial charge in [-0.05, 0) is 36.6 Å². The van der Waals surface area contributed by atoms with E-state index in [0.29, 0.717) is 0 Å². The normalized spacial score (nSPS) is 15.0. The van der Waals surface area contributed by atoms with Crippen molar-refractivity contribution in [2.75, 3.05) is 7.11 Å². The lowest BCUT2D eigenvalue weighted by molar-refractivity contribution is 0.418. The molecule has 0 aromatic heterocycles. The van der Waals surface area contributed by atoms with Crippen LogP contribution in [0.5, 0.6) is 5.75 Å². The molecule has 0 bridgehead atoms. The van der Waals surface area contributed by atoms with E-state index in [4.69, 9.17) is 4.74 Å². The molecule has 0 saturated heterocycles. The first-order chi connectivity index (χ1) is 8.20. The van der Waals surface area contributed by atoms with Gasteiger partial charge in [0.05, 0.1) is 7.11 Å². The van der Waals surface area contributed by atoms with Crippen molar-refractivity contribution in [2.45, 2.75) is 13.3 Å². The second-order valence-electron chi connectivity index (χ2n) is 4.17. The van der Waals surface area contributed by atoms with Crippen LogP contribution in [0.15, 0.2) is 48.1 Å². The second-order valence-corrected chi connectivity index (χ2v) is 4.79. The number of rotatable bonds is 2. The van der Waals surface area contributed by atoms with E-state index < -0.39 is 0 Å². The average Bonchev–Trinajstić information content (AvgIpc) is 2.54. The Bertz CT molecular complexity index is 510. The standard InChI is InChI=1S/C15H17OP/c1-11-4-3-5-12(7-6-11)13-8-9-14(16-2)15(17)10-13/h3-4,6-10H,5,17H2,1-2H3. The van der Waals surface area contributed by atoms with Gasteiger partial charge in [-0.1, -0.05) is 35.9 Å². The summed E-state index contributed by atoms with van der Waals surface area (Å²) in [6.45, 7) is 2.12. The fraction of sp³-hybridized carbons (Fsp3) is 0.200. The lowest BCUT2D eigenvalue weighted by Crippen LogP contribution is -1.99. The van der Waals surface area contributed by atoms with Gasteiger partial charge >= 0.3 is 0 Å². The van der Waals surface area contributed by atoms with E-state index in [1.54, 1.807) is 7.11 Å². The van der Waals surface area contributed by atoms with Gasteiger partial charge in [-0.15, -0.1) is 9.24 Å². The van der Waals surface area contributed by atoms with Gasteiger partial charge in [0.25, 0.3) is 0 Å². The third kappa shape index (κ3) is 2.87. The number of hydrogen-bond acceptors (Lipinski definition) is 1. The number of allylic oxidation sites excluding steroid dienone is 6. The number of ether oxygens (including phenoxy) is 1. The van der Waals surface area contributed by atoms with E-state index in [1.807, 2.05) is 6.07 Å². The molecular weight excluding hydrogens is 227 g/mol. The molecule has 0 fully saturated rings. The predicted octanol–water partition coefficient (Wildman–Crippen LogP) is 3.49. The van der Waals surface area contributed by atoms with E-state index in [9.17, 15) is 0 Å². The Morgan fingerprint density at radius 1 is 1.24 bits per heavy atom. The molecule has 0 amide bonds. The van der Waals surface area contributed by atoms with E-state index in [0.717, 1.165) is 17.5 Å². The Kier molecular flexibility index (Phi) is 3.81. The Balaban J connectivity index is 2.35. The number of benzene rings is 1. The summed E-state index contributed by atoms with van der Waals surface area (Å²) in [5.74, 6) is 0.912. The van der Waals surface area contributed by atoms with Crippen LogP contribution in [0.2, 0.25) is 0 Å². The van der Waals surface area contributed by atoms with E-state index in [2.05, 4.69) is 52.6 Å². The quantitative estimate of drug-likeness (QED) is 0.724. The van der Waals surface area contributed by atoms with Gasteiger partial charge in [-0.25, -0.2) is 0 Å². The van der Waals surface area contributed by atoms with E-state index >= 15 is 0 Å². The highest BCUT2D eigenvalue weighted by Gasteiger charge is 2.04. The van der Waals surface area contributed by atoms with E-state index in [-0.39, 0.29) is 0 Å². The van der Waals surface area contributed by atoms with Crippen molar-refractivity contribution in [3.05, 3.63) is 53.6 Å². The van der Waals surface area contributed by atoms with Gasteiger partial charge in [0, 0.05) is 5.30 Å². The summed E-state index contributed by atoms with van der Waals surface area (Å²) in [4.78, 5) is 0. The lowest BCUT2D eigenvalue weighted by Gasteiger charge is -2.08. The summed E-state index contributed by atoms with van der Waals surface area (Å²) in [5, 5.41) is 1.10. The van der Waals surface area contributed by atoms with Gasteiger partial charge in [-0.3, -0.25) is 0 Å². The van der Waals surface area contributed by atoms with Gasteiger partial charge in [-0.2, -0.15) is 0 Å². The Labute approximate surface area is 105 Å². The molecule has 1 atom stereocenters. The van der Waals surface area contributed by atoms with E-state index in [1.165, 1.54) is 16.7 Å². The molecule has 0 aliphatic heterocycles. The van der Waals surface area contributed by atoms with Crippen molar-refractivity contribution in [1.29, 1.82) is 0 Å². The SMILES string of the molecule is COc1ccc(C2=CC=C(C)C=CC2)cc1P. The molecule has 0 N–H and O–H groups in total. The lowest BCUT2D eigenvalue weighted by atomic mass is 10.0. The fourth-order valence-electron chi connectivity index (χ4n) is 1.88. The predicted molar refractivity (Wildman–Crippen MR) is 77.8 cm³/mol. The van der Waals surface area contributed by atoms with Crippen molar-refractivity contribution in [1.82, 2.24) is 0 Å². The third-order valence-electron chi connectivity index (χ3n) is 2.87. The Morgan fingerprint density at radius 3 is 2.76 bits per heavy atom. The Morgan fingerprint density at radius 2 is 2.06 bits per heavy atom. The van der Waals surface area contributed by atoms with Crippen LogP contribution in [0.3, 0.4) is 0 Å². The molecule has 1 aromatic rings. The van der Waals surface area contributed by atoms with Gasteiger partial charge in [0.15, 0.2) is 0 Å². The summed E-state index contributed by atoms with van der Waals surface area (Å²) in [6, 6.07) is 6.28. The maximum Gasteiger partial charge on any atom is 0.126 e. The summed E-state index contributed by atoms with van der Waals surface area (Å²) >= 11 is 0. The van der Waals surface area contributed by atoms with Crippen molar-refractivity contribution in [3.8, 4) is 5.75 Å². The number of methoxy groups -OCH3 is 1. The molecule has 1 aromatic carbocycles. The van der Waals surface area contributed by atoms with Crippen LogP contribution in [-0.2, 0) is 0 Å². The summed E-state index contributed by atoms with van der Waals surface area (Å²) in [7, 11) is 4.42. The molecule has 0 spiro atoms. The largest absolute Gasteiger partial charge is 0.496 e. The maximum atomic E-state index is 5.26. The van der Waals surface area contributed by atoms with Gasteiger partial charge in [0.1, 0.15) is 5.75 Å². The summed E-state index contributed by atoms with van der Waals surface area (Å²) < 4.78 is 5.26. The molecule has 17 heavy (non-hydrogen) atoms. The van der Waals surface area contributed by atoms with Crippen LogP contribution >= 0.6 is 9.24 Å². The number of hydrogen-bond donors (Lipinski definition) is 0. The highest BCUT2D eigenvalue weighted by atomic mass is 31.0. The van der Waals surface area contributed by atoms with Crippen LogP contribution in [0.4, 0.5) is 0 Å². The first-order valence-corrected chi connectivity index (χ1v) is 6.26. The van der Waals surface area contributed by atoms with Crippen molar-refractivity contribution in [3.63, 3.8) is 0 Å². The van der Waals surface area contributed by atoms with Crippen LogP contribution < -0.4 is 10.0 Å². The zero-order valence-electron chi connectivity index (χ0n) is 10.2. The molecule has 1 unspecified atom stereocenters. The highest BCUT2D eigenvalue weighted by Crippen LogP contribution is 2.24. The molecule has 1 nitrogen and oxygen atoms in total. The molecule has 0 radical (unpaired) electrons. The van der Waals surface area contributed by atoms with Crippen LogP contribution in [0.1, 0.15) is 18.9 Å². The molecule has 2 rings (SSSR count). The van der Waals surface area contributed by atoms with Crippen LogP contribution in [-0.4, -0.2) is 7.11 Å². The maximum absolute atomic E-state index is 5.26. The third-order valence-corrected chi connectivity index (χ3v) is 3.32. The molecule has 0 saturated carbocycles. The summed E-state index contributed by atoms with van der Waals surface area (Å²) in [6.07, 6.45) is 9.70. The minimum Gasteiger partial charge on any atom is -0.496 e. The van der Waals surface area contributed by atoms with Crippen molar-refractivity contribution in [2.24, 2.45) is 0 Å². The molecular formula is C15H17OP. The fourth-order valence-corrected chi connectivity index (χ4v) is 2.27. The smallest absolute Gasteiger partial charge is 0.126 e. The first-order valence-electron chi connectivity index (χ1n) is 5.68. The Hall–Kier alpha value is -1.33. The zero-order valence-corrected chi connectivity index (χ0v) is 11.4. The highest BCUT2D eigenvalue weighted by molar-refractivity contribution is 7.27. The van der Waals surface area contributed by atoms with Gasteiger partial charge < -0.3 is 4.74 Å². The zero-order chi connectivity index (χ0) is 12.3. The van der Waals surface area contributed by atoms with Crippen molar-refractivity contribution >= 4 is 20.1 Å².